The average Bonchev–Trinajstić information content (AvgIpc) is 2.75. The lowest BCUT2D eigenvalue weighted by molar-refractivity contribution is -0.131. The van der Waals surface area contributed by atoms with Crippen molar-refractivity contribution in [1.82, 2.24) is 0 Å². The van der Waals surface area contributed by atoms with Gasteiger partial charge in [-0.2, -0.15) is 5.26 Å². The van der Waals surface area contributed by atoms with Gasteiger partial charge in [-0.3, -0.25) is 0 Å². The summed E-state index contributed by atoms with van der Waals surface area (Å²) in [5.74, 6) is -1.86. The number of carboxylic acid groups (broad SMARTS) is 2. The van der Waals surface area contributed by atoms with Crippen LogP contribution in [-0.4, -0.2) is 22.2 Å². The van der Waals surface area contributed by atoms with Gasteiger partial charge in [-0.25, -0.2) is 9.59 Å². The highest BCUT2D eigenvalue weighted by Gasteiger charge is 2.01. The molecule has 0 saturated carbocycles. The van der Waals surface area contributed by atoms with E-state index >= 15 is 0 Å². The fourth-order valence-corrected chi connectivity index (χ4v) is 2.03. The molecule has 3 aromatic carbocycles. The highest BCUT2D eigenvalue weighted by Crippen LogP contribution is 2.22. The van der Waals surface area contributed by atoms with E-state index < -0.39 is 11.9 Å². The molecule has 0 atom stereocenters. The molecule has 5 nitrogen and oxygen atoms in total. The van der Waals surface area contributed by atoms with Crippen LogP contribution in [0.4, 0.5) is 0 Å². The van der Waals surface area contributed by atoms with Gasteiger partial charge >= 0.3 is 11.9 Å². The Labute approximate surface area is 163 Å². The van der Waals surface area contributed by atoms with Crippen LogP contribution in [0.2, 0.25) is 0 Å². The monoisotopic (exact) mass is 373 g/mol. The Kier molecular flexibility index (Phi) is 9.55. The van der Waals surface area contributed by atoms with Crippen LogP contribution < -0.4 is 0 Å². The van der Waals surface area contributed by atoms with Crippen LogP contribution in [0.25, 0.3) is 11.1 Å². The molecule has 0 unspecified atom stereocenters. The van der Waals surface area contributed by atoms with Crippen molar-refractivity contribution in [2.75, 3.05) is 0 Å². The molecule has 0 aliphatic carbocycles. The van der Waals surface area contributed by atoms with Gasteiger partial charge in [0, 0.05) is 6.08 Å². The minimum absolute atomic E-state index is 0.331. The molecule has 3 rings (SSSR count). The largest absolute Gasteiger partial charge is 0.478 e. The van der Waals surface area contributed by atoms with E-state index in [-0.39, 0.29) is 0 Å². The van der Waals surface area contributed by atoms with Crippen molar-refractivity contribution in [2.45, 2.75) is 0 Å². The summed E-state index contributed by atoms with van der Waals surface area (Å²) in [6.45, 7) is 2.96. The second-order valence-corrected chi connectivity index (χ2v) is 5.24. The maximum absolute atomic E-state index is 10.2. The normalized spacial score (nSPS) is 8.68. The number of aliphatic carboxylic acids is 1. The minimum atomic E-state index is -0.981. The summed E-state index contributed by atoms with van der Waals surface area (Å²) in [5, 5.41) is 24.9. The van der Waals surface area contributed by atoms with Gasteiger partial charge in [-0.1, -0.05) is 73.3 Å². The van der Waals surface area contributed by atoms with Crippen molar-refractivity contribution in [3.8, 4) is 17.2 Å². The fourth-order valence-electron chi connectivity index (χ4n) is 2.03. The first-order chi connectivity index (χ1) is 13.5. The number of aromatic carboxylic acids is 1. The maximum Gasteiger partial charge on any atom is 0.335 e. The second-order valence-electron chi connectivity index (χ2n) is 5.24. The van der Waals surface area contributed by atoms with Crippen molar-refractivity contribution in [2.24, 2.45) is 0 Å². The number of carboxylic acids is 2. The summed E-state index contributed by atoms with van der Waals surface area (Å²) in [4.78, 5) is 19.5. The predicted octanol–water partition coefficient (Wildman–Crippen LogP) is 4.87. The van der Waals surface area contributed by atoms with Crippen LogP contribution in [-0.2, 0) is 4.79 Å². The van der Waals surface area contributed by atoms with Crippen molar-refractivity contribution >= 4 is 11.9 Å². The zero-order valence-electron chi connectivity index (χ0n) is 15.0. The Balaban J connectivity index is 0.000000241. The van der Waals surface area contributed by atoms with Crippen LogP contribution in [0.5, 0.6) is 0 Å². The number of benzene rings is 3. The Bertz CT molecular complexity index is 945. The Morgan fingerprint density at radius 2 is 1.29 bits per heavy atom. The standard InChI is InChI=1S/C13H9N.C7H6O2.C3H4O2/c14-10-12-8-4-5-9-13(12)11-6-2-1-3-7-11;8-7(9)6-4-2-1-3-5-6;1-2-3(4)5/h1-9H;1-5H,(H,8,9);2H,1H2,(H,4,5). The third kappa shape index (κ3) is 7.81. The van der Waals surface area contributed by atoms with Gasteiger partial charge in [-0.15, -0.1) is 0 Å². The fraction of sp³-hybridized carbons (Fsp3) is 0. The summed E-state index contributed by atoms with van der Waals surface area (Å²) < 4.78 is 0. The molecule has 3 aromatic rings. The molecule has 0 radical (unpaired) electrons. The number of rotatable bonds is 3. The first-order valence-corrected chi connectivity index (χ1v) is 8.17. The van der Waals surface area contributed by atoms with E-state index in [0.29, 0.717) is 5.56 Å². The van der Waals surface area contributed by atoms with E-state index in [1.165, 1.54) is 0 Å². The highest BCUT2D eigenvalue weighted by atomic mass is 16.4. The molecule has 0 saturated heterocycles. The molecule has 2 N–H and O–H groups in total. The van der Waals surface area contributed by atoms with Crippen molar-refractivity contribution in [3.63, 3.8) is 0 Å². The molecule has 0 fully saturated rings. The number of nitriles is 1. The van der Waals surface area contributed by atoms with Gasteiger partial charge in [0.1, 0.15) is 0 Å². The van der Waals surface area contributed by atoms with E-state index in [1.54, 1.807) is 30.3 Å². The summed E-state index contributed by atoms with van der Waals surface area (Å²) in [6, 6.07) is 28.1. The number of nitrogens with zero attached hydrogens (tertiary/aromatic N) is 1. The zero-order valence-corrected chi connectivity index (χ0v) is 15.0. The van der Waals surface area contributed by atoms with Gasteiger partial charge in [0.2, 0.25) is 0 Å². The van der Waals surface area contributed by atoms with Gasteiger partial charge in [-0.05, 0) is 29.3 Å². The highest BCUT2D eigenvalue weighted by molar-refractivity contribution is 5.87. The Morgan fingerprint density at radius 1 is 0.821 bits per heavy atom. The molecule has 5 heteroatoms. The summed E-state index contributed by atoms with van der Waals surface area (Å²) >= 11 is 0. The van der Waals surface area contributed by atoms with Gasteiger partial charge in [0.25, 0.3) is 0 Å². The van der Waals surface area contributed by atoms with Gasteiger partial charge in [0.15, 0.2) is 0 Å². The molecule has 140 valence electrons. The lowest BCUT2D eigenvalue weighted by Gasteiger charge is -2.02. The first-order valence-electron chi connectivity index (χ1n) is 8.17. The smallest absolute Gasteiger partial charge is 0.335 e. The molecule has 0 bridgehead atoms. The number of hydrogen-bond acceptors (Lipinski definition) is 3. The van der Waals surface area contributed by atoms with Crippen molar-refractivity contribution < 1.29 is 19.8 Å². The SMILES string of the molecule is C=CC(=O)O.N#Cc1ccccc1-c1ccccc1.O=C(O)c1ccccc1. The molecular formula is C23H19NO4. The van der Waals surface area contributed by atoms with Crippen molar-refractivity contribution in [1.29, 1.82) is 5.26 Å². The van der Waals surface area contributed by atoms with E-state index in [0.717, 1.165) is 22.8 Å². The lowest BCUT2D eigenvalue weighted by Crippen LogP contribution is -1.93. The predicted molar refractivity (Wildman–Crippen MR) is 108 cm³/mol. The number of carbonyl (C=O) groups is 2. The third-order valence-corrected chi connectivity index (χ3v) is 3.33. The summed E-state index contributed by atoms with van der Waals surface area (Å²) in [6.07, 6.45) is 0.833. The second kappa shape index (κ2) is 12.2. The summed E-state index contributed by atoms with van der Waals surface area (Å²) in [5.41, 5.74) is 3.14. The van der Waals surface area contributed by atoms with Crippen LogP contribution in [0, 0.1) is 11.3 Å². The van der Waals surface area contributed by atoms with E-state index in [1.807, 2.05) is 54.6 Å². The van der Waals surface area contributed by atoms with E-state index in [9.17, 15) is 9.59 Å². The molecular weight excluding hydrogens is 354 g/mol. The number of hydrogen-bond donors (Lipinski definition) is 2. The molecule has 0 spiro atoms. The van der Waals surface area contributed by atoms with Gasteiger partial charge < -0.3 is 10.2 Å². The van der Waals surface area contributed by atoms with Crippen LogP contribution in [0.1, 0.15) is 15.9 Å². The topological polar surface area (TPSA) is 98.4 Å². The quantitative estimate of drug-likeness (QED) is 0.638. The van der Waals surface area contributed by atoms with Gasteiger partial charge in [0.05, 0.1) is 17.2 Å². The first kappa shape index (κ1) is 21.9. The lowest BCUT2D eigenvalue weighted by atomic mass is 10.0. The average molecular weight is 373 g/mol. The van der Waals surface area contributed by atoms with Crippen LogP contribution >= 0.6 is 0 Å². The Hall–Kier alpha value is -4.17. The molecule has 0 heterocycles. The third-order valence-electron chi connectivity index (χ3n) is 3.33. The molecule has 28 heavy (non-hydrogen) atoms. The molecule has 0 aliphatic rings. The Morgan fingerprint density at radius 3 is 1.71 bits per heavy atom. The van der Waals surface area contributed by atoms with Crippen LogP contribution in [0.3, 0.4) is 0 Å². The minimum Gasteiger partial charge on any atom is -0.478 e. The van der Waals surface area contributed by atoms with E-state index in [4.69, 9.17) is 15.5 Å². The molecule has 0 aromatic heterocycles. The zero-order chi connectivity index (χ0) is 20.8. The molecule has 0 aliphatic heterocycles. The summed E-state index contributed by atoms with van der Waals surface area (Å²) in [7, 11) is 0. The van der Waals surface area contributed by atoms with Crippen molar-refractivity contribution in [3.05, 3.63) is 109 Å². The van der Waals surface area contributed by atoms with E-state index in [2.05, 4.69) is 12.6 Å². The van der Waals surface area contributed by atoms with Crippen LogP contribution in [0.15, 0.2) is 97.6 Å². The maximum atomic E-state index is 10.2. The molecule has 0 amide bonds.